The Hall–Kier alpha value is -4.76. The Morgan fingerprint density at radius 2 is 0.833 bits per heavy atom. The van der Waals surface area contributed by atoms with Crippen LogP contribution in [0.25, 0.3) is 0 Å². The smallest absolute Gasteiger partial charge is 0.334 e. The van der Waals surface area contributed by atoms with Crippen LogP contribution in [0.3, 0.4) is 0 Å². The quantitative estimate of drug-likeness (QED) is 0.171. The van der Waals surface area contributed by atoms with Gasteiger partial charge in [0.05, 0.1) is 95.3 Å². The number of fused-ring (bicyclic) bond motifs is 16. The van der Waals surface area contributed by atoms with Crippen LogP contribution in [0.2, 0.25) is 0 Å². The molecule has 0 bridgehead atoms. The maximum Gasteiger partial charge on any atom is 0.334 e. The Labute approximate surface area is 272 Å². The maximum atomic E-state index is 14.5. The number of hydrogen-bond donors (Lipinski definition) is 0. The molecule has 0 heterocycles. The van der Waals surface area contributed by atoms with Gasteiger partial charge in [-0.3, -0.25) is 24.0 Å². The van der Waals surface area contributed by atoms with Gasteiger partial charge in [-0.25, -0.2) is 14.4 Å². The first-order valence-electron chi connectivity index (χ1n) is 15.0. The molecule has 7 aliphatic carbocycles. The van der Waals surface area contributed by atoms with Crippen LogP contribution >= 0.6 is 0 Å². The maximum absolute atomic E-state index is 14.5. The van der Waals surface area contributed by atoms with Gasteiger partial charge in [-0.15, -0.1) is 0 Å². The zero-order valence-electron chi connectivity index (χ0n) is 27.2. The molecule has 0 amide bonds. The highest BCUT2D eigenvalue weighted by molar-refractivity contribution is 6.14. The summed E-state index contributed by atoms with van der Waals surface area (Å²) in [6.07, 6.45) is 1.46. The molecule has 0 radical (unpaired) electrons. The second-order valence-electron chi connectivity index (χ2n) is 13.1. The minimum Gasteiger partial charge on any atom is -0.469 e. The summed E-state index contributed by atoms with van der Waals surface area (Å²) in [4.78, 5) is 111. The standard InChI is InChI=1S/C32H32O16/c1-41-20(33)11-9-10-14-17(28(10,11)23(36)44-4)32(27(40)48-8)19-18(29(14,32)24(37)45-5)30(25(38)46-6)15-12(21(34)42-2)13(22(35)43-3)16(15)31(19,30)26(39)47-7/h9-10,14-19H,1-8H3/t10-,14+,15-,16+,17+,18+,19-,28-,29+,30-,31+,32-/m0/s1. The number of methoxy groups -OCH3 is 8. The van der Waals surface area contributed by atoms with Gasteiger partial charge >= 0.3 is 47.8 Å². The van der Waals surface area contributed by atoms with Crippen LogP contribution in [0.5, 0.6) is 0 Å². The molecule has 16 nitrogen and oxygen atoms in total. The molecular formula is C32H32O16. The first kappa shape index (κ1) is 31.8. The van der Waals surface area contributed by atoms with Gasteiger partial charge in [0, 0.05) is 23.7 Å². The number of ether oxygens (including phenoxy) is 8. The van der Waals surface area contributed by atoms with Crippen LogP contribution < -0.4 is 0 Å². The summed E-state index contributed by atoms with van der Waals surface area (Å²) in [5.41, 5.74) is -10.6. The summed E-state index contributed by atoms with van der Waals surface area (Å²) in [5, 5.41) is 0. The van der Waals surface area contributed by atoms with Crippen LogP contribution in [-0.4, -0.2) is 105 Å². The second kappa shape index (κ2) is 9.23. The predicted octanol–water partition coefficient (Wildman–Crippen LogP) is -1.07. The Balaban J connectivity index is 1.57. The topological polar surface area (TPSA) is 210 Å². The lowest BCUT2D eigenvalue weighted by molar-refractivity contribution is -0.533. The lowest BCUT2D eigenvalue weighted by Crippen LogP contribution is -3.08. The molecule has 0 N–H and O–H groups in total. The number of carbonyl (C=O) groups excluding carboxylic acids is 8. The molecule has 0 saturated heterocycles. The number of allylic oxidation sites excluding steroid dienone is 1. The van der Waals surface area contributed by atoms with E-state index in [9.17, 15) is 38.4 Å². The van der Waals surface area contributed by atoms with E-state index in [2.05, 4.69) is 0 Å². The van der Waals surface area contributed by atoms with Crippen LogP contribution in [0, 0.1) is 68.5 Å². The van der Waals surface area contributed by atoms with E-state index in [0.717, 1.165) is 56.9 Å². The van der Waals surface area contributed by atoms with Gasteiger partial charge < -0.3 is 37.9 Å². The van der Waals surface area contributed by atoms with Gasteiger partial charge in [-0.1, -0.05) is 6.08 Å². The van der Waals surface area contributed by atoms with Crippen molar-refractivity contribution in [3.8, 4) is 0 Å². The average molecular weight is 673 g/mol. The highest BCUT2D eigenvalue weighted by atomic mass is 16.6. The molecule has 0 spiro atoms. The van der Waals surface area contributed by atoms with Crippen LogP contribution in [-0.2, 0) is 76.3 Å². The second-order valence-corrected chi connectivity index (χ2v) is 13.1. The molecule has 0 aromatic rings. The largest absolute Gasteiger partial charge is 0.469 e. The summed E-state index contributed by atoms with van der Waals surface area (Å²) in [5.74, 6) is -15.7. The van der Waals surface area contributed by atoms with Gasteiger partial charge in [0.2, 0.25) is 0 Å². The summed E-state index contributed by atoms with van der Waals surface area (Å²) < 4.78 is 41.4. The SMILES string of the molecule is COC(=O)C1=C[C@H]2[C@@H]3[C@H]([C@@]12C(=O)OC)[C@@]1(C(=O)OC)[C@H]2[C@H]([C@@]31C(=O)OC)[C@]1(C(=O)OC)[C@H]3C(C(=O)OC)=C(C(=O)OC)[C@H]3[C@]21C(=O)OC. The number of esters is 8. The van der Waals surface area contributed by atoms with E-state index >= 15 is 0 Å². The van der Waals surface area contributed by atoms with E-state index in [1.54, 1.807) is 0 Å². The first-order chi connectivity index (χ1) is 22.8. The Bertz CT molecular complexity index is 1760. The lowest BCUT2D eigenvalue weighted by Gasteiger charge is -3.00. The van der Waals surface area contributed by atoms with Crippen LogP contribution in [0.15, 0.2) is 22.8 Å². The van der Waals surface area contributed by atoms with E-state index in [-0.39, 0.29) is 16.7 Å². The average Bonchev–Trinajstić information content (AvgIpc) is 3.08. The molecular weight excluding hydrogens is 640 g/mol. The zero-order chi connectivity index (χ0) is 35.3. The summed E-state index contributed by atoms with van der Waals surface area (Å²) in [7, 11) is 8.58. The highest BCUT2D eigenvalue weighted by Crippen LogP contribution is 3.07. The van der Waals surface area contributed by atoms with E-state index in [1.807, 2.05) is 0 Å². The minimum atomic E-state index is -2.11. The third kappa shape index (κ3) is 2.33. The van der Waals surface area contributed by atoms with Gasteiger partial charge in [-0.05, 0) is 17.8 Å². The van der Waals surface area contributed by atoms with Crippen molar-refractivity contribution >= 4 is 47.8 Å². The molecule has 16 heteroatoms. The summed E-state index contributed by atoms with van der Waals surface area (Å²) >= 11 is 0. The fourth-order valence-corrected chi connectivity index (χ4v) is 12.6. The Morgan fingerprint density at radius 1 is 0.458 bits per heavy atom. The van der Waals surface area contributed by atoms with E-state index in [0.29, 0.717) is 0 Å². The number of hydrogen-bond acceptors (Lipinski definition) is 16. The van der Waals surface area contributed by atoms with Crippen molar-refractivity contribution in [1.29, 1.82) is 0 Å². The molecule has 7 aliphatic rings. The number of carbonyl (C=O) groups is 8. The van der Waals surface area contributed by atoms with E-state index in [1.165, 1.54) is 6.08 Å². The molecule has 0 aliphatic heterocycles. The zero-order valence-corrected chi connectivity index (χ0v) is 27.2. The van der Waals surface area contributed by atoms with Crippen molar-refractivity contribution in [3.05, 3.63) is 22.8 Å². The van der Waals surface area contributed by atoms with Crippen LogP contribution in [0.4, 0.5) is 0 Å². The van der Waals surface area contributed by atoms with Gasteiger partial charge in [-0.2, -0.15) is 0 Å². The molecule has 5 saturated carbocycles. The van der Waals surface area contributed by atoms with Crippen molar-refractivity contribution in [2.45, 2.75) is 0 Å². The van der Waals surface area contributed by atoms with Crippen molar-refractivity contribution in [1.82, 2.24) is 0 Å². The monoisotopic (exact) mass is 672 g/mol. The summed E-state index contributed by atoms with van der Waals surface area (Å²) in [6, 6.07) is 0. The van der Waals surface area contributed by atoms with Crippen LogP contribution in [0.1, 0.15) is 0 Å². The fourth-order valence-electron chi connectivity index (χ4n) is 12.6. The first-order valence-corrected chi connectivity index (χ1v) is 15.0. The van der Waals surface area contributed by atoms with Crippen molar-refractivity contribution in [3.63, 3.8) is 0 Å². The van der Waals surface area contributed by atoms with E-state index in [4.69, 9.17) is 37.9 Å². The third-order valence-corrected chi connectivity index (χ3v) is 13.3. The molecule has 0 unspecified atom stereocenters. The van der Waals surface area contributed by atoms with Gasteiger partial charge in [0.15, 0.2) is 0 Å². The molecule has 7 rings (SSSR count). The molecule has 12 atom stereocenters. The normalized spacial score (nSPS) is 43.5. The molecule has 256 valence electrons. The molecule has 0 aromatic heterocycles. The lowest BCUT2D eigenvalue weighted by atomic mass is 8.97. The minimum absolute atomic E-state index is 0.0998. The molecule has 48 heavy (non-hydrogen) atoms. The van der Waals surface area contributed by atoms with Gasteiger partial charge in [0.25, 0.3) is 0 Å². The molecule has 0 aromatic carbocycles. The Morgan fingerprint density at radius 3 is 1.23 bits per heavy atom. The Kier molecular flexibility index (Phi) is 6.12. The third-order valence-electron chi connectivity index (χ3n) is 13.3. The van der Waals surface area contributed by atoms with Gasteiger partial charge in [0.1, 0.15) is 5.41 Å². The molecule has 5 fully saturated rings. The van der Waals surface area contributed by atoms with Crippen molar-refractivity contribution < 1.29 is 76.3 Å². The van der Waals surface area contributed by atoms with E-state index < -0.39 is 116 Å². The fraction of sp³-hybridized carbons (Fsp3) is 0.625. The summed E-state index contributed by atoms with van der Waals surface area (Å²) in [6.45, 7) is 0. The number of rotatable bonds is 8. The highest BCUT2D eigenvalue weighted by Gasteiger charge is 3.15. The predicted molar refractivity (Wildman–Crippen MR) is 148 cm³/mol. The van der Waals surface area contributed by atoms with Crippen molar-refractivity contribution in [2.24, 2.45) is 68.5 Å². The van der Waals surface area contributed by atoms with Crippen molar-refractivity contribution in [2.75, 3.05) is 56.9 Å².